The second-order valence-electron chi connectivity index (χ2n) is 1.78. The summed E-state index contributed by atoms with van der Waals surface area (Å²) in [5.41, 5.74) is 0.681. The fraction of sp³-hybridized carbons (Fsp3) is 0.571. The van der Waals surface area contributed by atoms with E-state index in [0.29, 0.717) is 5.57 Å². The molecule has 0 saturated carbocycles. The number of ether oxygens (including phenoxy) is 1. The zero-order chi connectivity index (χ0) is 7.28. The molecule has 0 saturated heterocycles. The molecular formula is C7H12O2. The van der Waals surface area contributed by atoms with E-state index in [0.717, 1.165) is 18.5 Å². The summed E-state index contributed by atoms with van der Waals surface area (Å²) in [6.45, 7) is 3.70. The van der Waals surface area contributed by atoms with E-state index in [-0.39, 0.29) is 0 Å². The molecule has 0 unspecified atom stereocenters. The number of carbonyl (C=O) groups excluding carboxylic acids is 1. The maximum Gasteiger partial charge on any atom is 0.149 e. The predicted molar refractivity (Wildman–Crippen MR) is 36.1 cm³/mol. The first-order valence-corrected chi connectivity index (χ1v) is 2.95. The third-order valence-electron chi connectivity index (χ3n) is 1.18. The second-order valence-corrected chi connectivity index (χ2v) is 1.78. The van der Waals surface area contributed by atoms with Crippen molar-refractivity contribution in [1.29, 1.82) is 0 Å². The Hall–Kier alpha value is -0.790. The molecule has 0 spiro atoms. The van der Waals surface area contributed by atoms with Crippen LogP contribution in [0.25, 0.3) is 0 Å². The van der Waals surface area contributed by atoms with Crippen LogP contribution in [0.15, 0.2) is 11.3 Å². The number of hydrogen-bond acceptors (Lipinski definition) is 2. The van der Waals surface area contributed by atoms with Gasteiger partial charge in [-0.1, -0.05) is 6.92 Å². The summed E-state index contributed by atoms with van der Waals surface area (Å²) in [7, 11) is 1.58. The molecule has 0 N–H and O–H groups in total. The molecule has 0 heterocycles. The fourth-order valence-corrected chi connectivity index (χ4v) is 0.650. The second kappa shape index (κ2) is 4.13. The summed E-state index contributed by atoms with van der Waals surface area (Å²) < 4.78 is 4.90. The smallest absolute Gasteiger partial charge is 0.149 e. The summed E-state index contributed by atoms with van der Waals surface area (Å²) in [5, 5.41) is 0. The van der Waals surface area contributed by atoms with Crippen LogP contribution in [0, 0.1) is 0 Å². The summed E-state index contributed by atoms with van der Waals surface area (Å²) in [6, 6.07) is 0. The molecule has 2 heteroatoms. The SMILES string of the molecule is CC/C(OC)=C(/C)C=O. The first kappa shape index (κ1) is 8.21. The van der Waals surface area contributed by atoms with Crippen molar-refractivity contribution < 1.29 is 9.53 Å². The van der Waals surface area contributed by atoms with Gasteiger partial charge < -0.3 is 4.74 Å². The third kappa shape index (κ3) is 2.31. The molecule has 2 nitrogen and oxygen atoms in total. The number of carbonyl (C=O) groups is 1. The Morgan fingerprint density at radius 3 is 2.33 bits per heavy atom. The highest BCUT2D eigenvalue weighted by Gasteiger charge is 1.95. The van der Waals surface area contributed by atoms with E-state index in [1.807, 2.05) is 6.92 Å². The van der Waals surface area contributed by atoms with Crippen LogP contribution in [0.4, 0.5) is 0 Å². The first-order chi connectivity index (χ1) is 4.26. The molecule has 0 aliphatic carbocycles. The Balaban J connectivity index is 4.17. The molecule has 0 atom stereocenters. The van der Waals surface area contributed by atoms with Crippen LogP contribution < -0.4 is 0 Å². The van der Waals surface area contributed by atoms with Crippen LogP contribution in [0.3, 0.4) is 0 Å². The molecule has 0 radical (unpaired) electrons. The van der Waals surface area contributed by atoms with Crippen molar-refractivity contribution in [2.45, 2.75) is 20.3 Å². The highest BCUT2D eigenvalue weighted by atomic mass is 16.5. The van der Waals surface area contributed by atoms with Gasteiger partial charge in [0.2, 0.25) is 0 Å². The number of rotatable bonds is 3. The van der Waals surface area contributed by atoms with Crippen molar-refractivity contribution >= 4 is 6.29 Å². The van der Waals surface area contributed by atoms with Gasteiger partial charge in [0, 0.05) is 12.0 Å². The average Bonchev–Trinajstić information content (AvgIpc) is 1.90. The summed E-state index contributed by atoms with van der Waals surface area (Å²) in [4.78, 5) is 10.1. The summed E-state index contributed by atoms with van der Waals surface area (Å²) >= 11 is 0. The lowest BCUT2D eigenvalue weighted by Gasteiger charge is -2.02. The molecular weight excluding hydrogens is 116 g/mol. The quantitative estimate of drug-likeness (QED) is 0.327. The van der Waals surface area contributed by atoms with Crippen LogP contribution in [0.1, 0.15) is 20.3 Å². The van der Waals surface area contributed by atoms with Crippen molar-refractivity contribution in [3.8, 4) is 0 Å². The maximum atomic E-state index is 10.1. The maximum absolute atomic E-state index is 10.1. The number of hydrogen-bond donors (Lipinski definition) is 0. The zero-order valence-corrected chi connectivity index (χ0v) is 6.10. The third-order valence-corrected chi connectivity index (χ3v) is 1.18. The van der Waals surface area contributed by atoms with Gasteiger partial charge in [-0.25, -0.2) is 0 Å². The Kier molecular flexibility index (Phi) is 3.76. The van der Waals surface area contributed by atoms with Gasteiger partial charge in [0.25, 0.3) is 0 Å². The van der Waals surface area contributed by atoms with E-state index in [1.165, 1.54) is 0 Å². The molecule has 0 aliphatic rings. The molecule has 0 amide bonds. The molecule has 0 fully saturated rings. The Morgan fingerprint density at radius 1 is 1.67 bits per heavy atom. The van der Waals surface area contributed by atoms with Crippen LogP contribution in [0.2, 0.25) is 0 Å². The lowest BCUT2D eigenvalue weighted by Crippen LogP contribution is -1.90. The van der Waals surface area contributed by atoms with E-state index < -0.39 is 0 Å². The largest absolute Gasteiger partial charge is 0.501 e. The van der Waals surface area contributed by atoms with Gasteiger partial charge in [0.1, 0.15) is 12.0 Å². The standard InChI is InChI=1S/C7H12O2/c1-4-7(9-3)6(2)5-8/h5H,4H2,1-3H3/b7-6+. The van der Waals surface area contributed by atoms with Crippen LogP contribution >= 0.6 is 0 Å². The topological polar surface area (TPSA) is 26.3 Å². The van der Waals surface area contributed by atoms with Crippen LogP contribution in [-0.4, -0.2) is 13.4 Å². The normalized spacial score (nSPS) is 12.3. The van der Waals surface area contributed by atoms with Gasteiger partial charge in [-0.2, -0.15) is 0 Å². The Bertz CT molecular complexity index is 119. The zero-order valence-electron chi connectivity index (χ0n) is 6.10. The van der Waals surface area contributed by atoms with E-state index in [9.17, 15) is 4.79 Å². The Morgan fingerprint density at radius 2 is 2.22 bits per heavy atom. The molecule has 0 aromatic rings. The monoisotopic (exact) mass is 128 g/mol. The number of aldehydes is 1. The minimum atomic E-state index is 0.681. The highest BCUT2D eigenvalue weighted by Crippen LogP contribution is 2.05. The van der Waals surface area contributed by atoms with Gasteiger partial charge in [-0.3, -0.25) is 4.79 Å². The van der Waals surface area contributed by atoms with Gasteiger partial charge in [-0.15, -0.1) is 0 Å². The van der Waals surface area contributed by atoms with Crippen LogP contribution in [-0.2, 0) is 9.53 Å². The molecule has 0 aliphatic heterocycles. The van der Waals surface area contributed by atoms with Crippen molar-refractivity contribution in [3.05, 3.63) is 11.3 Å². The van der Waals surface area contributed by atoms with Crippen molar-refractivity contribution in [2.75, 3.05) is 7.11 Å². The summed E-state index contributed by atoms with van der Waals surface area (Å²) in [5.74, 6) is 0.769. The lowest BCUT2D eigenvalue weighted by molar-refractivity contribution is -0.105. The number of allylic oxidation sites excluding steroid dienone is 2. The van der Waals surface area contributed by atoms with Crippen molar-refractivity contribution in [1.82, 2.24) is 0 Å². The minimum Gasteiger partial charge on any atom is -0.501 e. The molecule has 0 rings (SSSR count). The van der Waals surface area contributed by atoms with Crippen molar-refractivity contribution in [2.24, 2.45) is 0 Å². The highest BCUT2D eigenvalue weighted by molar-refractivity contribution is 5.72. The van der Waals surface area contributed by atoms with Crippen LogP contribution in [0.5, 0.6) is 0 Å². The van der Waals surface area contributed by atoms with Gasteiger partial charge in [0.05, 0.1) is 7.11 Å². The number of methoxy groups -OCH3 is 1. The molecule has 0 bridgehead atoms. The van der Waals surface area contributed by atoms with Gasteiger partial charge in [0.15, 0.2) is 0 Å². The molecule has 52 valence electrons. The van der Waals surface area contributed by atoms with Gasteiger partial charge in [-0.05, 0) is 6.92 Å². The average molecular weight is 128 g/mol. The van der Waals surface area contributed by atoms with E-state index in [2.05, 4.69) is 0 Å². The van der Waals surface area contributed by atoms with Crippen molar-refractivity contribution in [3.63, 3.8) is 0 Å². The molecule has 0 aromatic carbocycles. The summed E-state index contributed by atoms with van der Waals surface area (Å²) in [6.07, 6.45) is 1.59. The lowest BCUT2D eigenvalue weighted by atomic mass is 10.2. The van der Waals surface area contributed by atoms with E-state index in [4.69, 9.17) is 4.74 Å². The van der Waals surface area contributed by atoms with Gasteiger partial charge >= 0.3 is 0 Å². The fourth-order valence-electron chi connectivity index (χ4n) is 0.650. The Labute approximate surface area is 55.5 Å². The minimum absolute atomic E-state index is 0.681. The predicted octanol–water partition coefficient (Wildman–Crippen LogP) is 1.52. The molecule has 9 heavy (non-hydrogen) atoms. The van der Waals surface area contributed by atoms with E-state index >= 15 is 0 Å². The van der Waals surface area contributed by atoms with E-state index in [1.54, 1.807) is 14.0 Å². The first-order valence-electron chi connectivity index (χ1n) is 2.95. The molecule has 0 aromatic heterocycles.